The van der Waals surface area contributed by atoms with Gasteiger partial charge in [0.05, 0.1) is 5.70 Å². The smallest absolute Gasteiger partial charge is 0.300 e. The summed E-state index contributed by atoms with van der Waals surface area (Å²) < 4.78 is 20.2. The van der Waals surface area contributed by atoms with Crippen LogP contribution in [0.5, 0.6) is 0 Å². The zero-order chi connectivity index (χ0) is 20.4. The molecule has 29 heavy (non-hydrogen) atoms. The van der Waals surface area contributed by atoms with Crippen LogP contribution in [-0.4, -0.2) is 17.6 Å². The fraction of sp³-hybridized carbons (Fsp3) is 0.174. The quantitative estimate of drug-likeness (QED) is 0.710. The molecule has 1 atom stereocenters. The number of oxazole rings is 1. The first-order chi connectivity index (χ1) is 14.1. The van der Waals surface area contributed by atoms with Gasteiger partial charge in [0.2, 0.25) is 0 Å². The molecule has 2 aromatic rings. The van der Waals surface area contributed by atoms with Crippen molar-refractivity contribution >= 4 is 29.7 Å². The fourth-order valence-corrected chi connectivity index (χ4v) is 3.54. The van der Waals surface area contributed by atoms with Gasteiger partial charge in [-0.1, -0.05) is 25.2 Å². The van der Waals surface area contributed by atoms with E-state index < -0.39 is 5.83 Å². The lowest BCUT2D eigenvalue weighted by Crippen LogP contribution is -2.08. The Morgan fingerprint density at radius 3 is 2.79 bits per heavy atom. The van der Waals surface area contributed by atoms with E-state index in [4.69, 9.17) is 4.42 Å². The van der Waals surface area contributed by atoms with E-state index in [0.29, 0.717) is 29.5 Å². The molecule has 0 saturated carbocycles. The number of nitrogens with one attached hydrogen (secondary N) is 1. The summed E-state index contributed by atoms with van der Waals surface area (Å²) in [6, 6.07) is 5.06. The molecule has 0 spiro atoms. The Morgan fingerprint density at radius 2 is 2.03 bits per heavy atom. The Labute approximate surface area is 167 Å². The van der Waals surface area contributed by atoms with Crippen molar-refractivity contribution in [2.75, 3.05) is 5.32 Å². The number of hydrogen-bond donors (Lipinski definition) is 1. The first-order valence-electron chi connectivity index (χ1n) is 9.33. The van der Waals surface area contributed by atoms with Gasteiger partial charge in [0.1, 0.15) is 23.9 Å². The maximum Gasteiger partial charge on any atom is 0.300 e. The van der Waals surface area contributed by atoms with Crippen molar-refractivity contribution in [3.05, 3.63) is 82.4 Å². The molecule has 1 heterocycles. The maximum absolute atomic E-state index is 14.6. The molecule has 1 unspecified atom stereocenters. The number of carbonyl (C=O) groups excluding carboxylic acids is 2. The molecule has 0 bridgehead atoms. The lowest BCUT2D eigenvalue weighted by molar-refractivity contribution is -0.105. The second-order valence-electron chi connectivity index (χ2n) is 7.10. The van der Waals surface area contributed by atoms with Gasteiger partial charge in [-0.25, -0.2) is 4.39 Å². The largest absolute Gasteiger partial charge is 0.423 e. The van der Waals surface area contributed by atoms with E-state index in [9.17, 15) is 14.0 Å². The van der Waals surface area contributed by atoms with Crippen molar-refractivity contribution < 1.29 is 18.4 Å². The predicted octanol–water partition coefficient (Wildman–Crippen LogP) is 5.21. The number of hydrogen-bond acceptors (Lipinski definition) is 5. The van der Waals surface area contributed by atoms with E-state index in [0.717, 1.165) is 29.3 Å². The minimum absolute atomic E-state index is 0.151. The Bertz CT molecular complexity index is 1150. The number of benzene rings is 1. The molecular weight excluding hydrogens is 371 g/mol. The van der Waals surface area contributed by atoms with Crippen molar-refractivity contribution in [1.29, 1.82) is 0 Å². The molecule has 4 rings (SSSR count). The maximum atomic E-state index is 14.6. The molecule has 1 N–H and O–H groups in total. The summed E-state index contributed by atoms with van der Waals surface area (Å²) in [5.74, 6) is -0.213. The molecule has 6 heteroatoms. The van der Waals surface area contributed by atoms with E-state index in [1.165, 1.54) is 6.08 Å². The summed E-state index contributed by atoms with van der Waals surface area (Å²) in [4.78, 5) is 26.2. The molecule has 2 aliphatic carbocycles. The minimum atomic E-state index is -0.403. The lowest BCUT2D eigenvalue weighted by Gasteiger charge is -2.21. The van der Waals surface area contributed by atoms with Crippen LogP contribution in [-0.2, 0) is 4.79 Å². The third-order valence-electron chi connectivity index (χ3n) is 5.07. The van der Waals surface area contributed by atoms with E-state index >= 15 is 0 Å². The van der Waals surface area contributed by atoms with Crippen molar-refractivity contribution in [3.8, 4) is 0 Å². The number of nitrogens with zero attached hydrogens (tertiary/aromatic N) is 1. The molecule has 0 fully saturated rings. The topological polar surface area (TPSA) is 72.2 Å². The van der Waals surface area contributed by atoms with Crippen molar-refractivity contribution in [3.63, 3.8) is 0 Å². The molecule has 5 nitrogen and oxygen atoms in total. The third-order valence-corrected chi connectivity index (χ3v) is 5.07. The number of carbonyl (C=O) groups is 2. The van der Waals surface area contributed by atoms with Gasteiger partial charge in [0, 0.05) is 5.56 Å². The molecule has 1 aromatic heterocycles. The minimum Gasteiger partial charge on any atom is -0.423 e. The molecule has 0 amide bonds. The van der Waals surface area contributed by atoms with Gasteiger partial charge in [-0.3, -0.25) is 9.59 Å². The molecule has 0 aliphatic heterocycles. The van der Waals surface area contributed by atoms with Crippen LogP contribution in [0.3, 0.4) is 0 Å². The van der Waals surface area contributed by atoms with Crippen LogP contribution in [0, 0.1) is 5.92 Å². The van der Waals surface area contributed by atoms with Crippen molar-refractivity contribution in [2.24, 2.45) is 5.92 Å². The highest BCUT2D eigenvalue weighted by molar-refractivity contribution is 5.84. The molecule has 1 aromatic carbocycles. The molecule has 0 saturated heterocycles. The molecule has 0 radical (unpaired) electrons. The highest BCUT2D eigenvalue weighted by atomic mass is 19.1. The number of anilines is 1. The standard InChI is InChI=1S/C23H19FN2O3/c1-14-10-15(12-27)2-6-18(14)17-4-7-19(24)20(9-5-17)25-23-26-21-8-3-16(13-28)11-22(21)29-23/h2-3,5-9,11-14H,4,10H2,1H3,(H,25,26). The third kappa shape index (κ3) is 3.87. The highest BCUT2D eigenvalue weighted by Gasteiger charge is 2.19. The van der Waals surface area contributed by atoms with E-state index in [1.807, 2.05) is 18.2 Å². The van der Waals surface area contributed by atoms with Crippen LogP contribution in [0.25, 0.3) is 11.1 Å². The molecule has 2 aliphatic rings. The number of rotatable bonds is 5. The fourth-order valence-electron chi connectivity index (χ4n) is 3.54. The van der Waals surface area contributed by atoms with E-state index in [2.05, 4.69) is 17.2 Å². The average Bonchev–Trinajstić information content (AvgIpc) is 3.05. The number of fused-ring (bicyclic) bond motifs is 1. The van der Waals surface area contributed by atoms with E-state index in [1.54, 1.807) is 24.3 Å². The van der Waals surface area contributed by atoms with Crippen LogP contribution in [0.1, 0.15) is 30.1 Å². The van der Waals surface area contributed by atoms with Crippen LogP contribution in [0.2, 0.25) is 0 Å². The second-order valence-corrected chi connectivity index (χ2v) is 7.10. The number of allylic oxidation sites excluding steroid dienone is 9. The SMILES string of the molecule is CC1CC(C=O)=CC=C1C1=CC=C(Nc2nc3ccc(C=O)cc3o2)C(F)=CC1. The van der Waals surface area contributed by atoms with Gasteiger partial charge >= 0.3 is 0 Å². The van der Waals surface area contributed by atoms with Gasteiger partial charge in [-0.15, -0.1) is 0 Å². The Balaban J connectivity index is 1.61. The average molecular weight is 390 g/mol. The Hall–Kier alpha value is -3.54. The number of halogens is 1. The molecular formula is C23H19FN2O3. The predicted molar refractivity (Wildman–Crippen MR) is 109 cm³/mol. The number of aldehydes is 2. The van der Waals surface area contributed by atoms with Crippen LogP contribution < -0.4 is 5.32 Å². The summed E-state index contributed by atoms with van der Waals surface area (Å²) >= 11 is 0. The van der Waals surface area contributed by atoms with Crippen LogP contribution in [0.15, 0.2) is 81.2 Å². The summed E-state index contributed by atoms with van der Waals surface area (Å²) in [6.07, 6.45) is 11.5. The van der Waals surface area contributed by atoms with Gasteiger partial charge in [-0.05, 0) is 65.8 Å². The second kappa shape index (κ2) is 7.83. The summed E-state index contributed by atoms with van der Waals surface area (Å²) in [5.41, 5.74) is 4.62. The monoisotopic (exact) mass is 390 g/mol. The summed E-state index contributed by atoms with van der Waals surface area (Å²) in [7, 11) is 0. The van der Waals surface area contributed by atoms with Gasteiger partial charge < -0.3 is 9.73 Å². The highest BCUT2D eigenvalue weighted by Crippen LogP contribution is 2.33. The van der Waals surface area contributed by atoms with Gasteiger partial charge in [0.25, 0.3) is 6.01 Å². The van der Waals surface area contributed by atoms with Crippen LogP contribution in [0.4, 0.5) is 10.4 Å². The van der Waals surface area contributed by atoms with Gasteiger partial charge in [0.15, 0.2) is 5.58 Å². The van der Waals surface area contributed by atoms with Crippen LogP contribution >= 0.6 is 0 Å². The molecule has 146 valence electrons. The summed E-state index contributed by atoms with van der Waals surface area (Å²) in [5, 5.41) is 2.88. The zero-order valence-corrected chi connectivity index (χ0v) is 15.8. The summed E-state index contributed by atoms with van der Waals surface area (Å²) in [6.45, 7) is 2.06. The van der Waals surface area contributed by atoms with Crippen molar-refractivity contribution in [2.45, 2.75) is 19.8 Å². The van der Waals surface area contributed by atoms with E-state index in [-0.39, 0.29) is 17.6 Å². The first-order valence-corrected chi connectivity index (χ1v) is 9.33. The first kappa shape index (κ1) is 18.8. The lowest BCUT2D eigenvalue weighted by atomic mass is 9.83. The number of aromatic nitrogens is 1. The normalized spacial score (nSPS) is 19.4. The Morgan fingerprint density at radius 1 is 1.17 bits per heavy atom. The zero-order valence-electron chi connectivity index (χ0n) is 15.8. The van der Waals surface area contributed by atoms with Crippen molar-refractivity contribution in [1.82, 2.24) is 4.98 Å². The Kier molecular flexibility index (Phi) is 5.08. The van der Waals surface area contributed by atoms with Gasteiger partial charge in [-0.2, -0.15) is 4.98 Å².